The second-order valence-electron chi connectivity index (χ2n) is 4.38. The molecule has 18 heavy (non-hydrogen) atoms. The van der Waals surface area contributed by atoms with Crippen LogP contribution in [0.5, 0.6) is 0 Å². The lowest BCUT2D eigenvalue weighted by Gasteiger charge is -2.16. The number of rotatable bonds is 5. The van der Waals surface area contributed by atoms with Crippen molar-refractivity contribution in [2.45, 2.75) is 18.9 Å². The first kappa shape index (κ1) is 12.8. The molecule has 96 valence electrons. The van der Waals surface area contributed by atoms with Crippen LogP contribution >= 0.6 is 0 Å². The number of benzene rings is 1. The summed E-state index contributed by atoms with van der Waals surface area (Å²) in [5, 5.41) is 7.37. The van der Waals surface area contributed by atoms with Crippen molar-refractivity contribution in [2.24, 2.45) is 7.05 Å². The maximum Gasteiger partial charge on any atom is 0.123 e. The van der Waals surface area contributed by atoms with Gasteiger partial charge in [0.1, 0.15) is 5.82 Å². The van der Waals surface area contributed by atoms with Gasteiger partial charge in [0, 0.05) is 25.0 Å². The highest BCUT2D eigenvalue weighted by Crippen LogP contribution is 2.19. The van der Waals surface area contributed by atoms with Gasteiger partial charge in [-0.05, 0) is 43.7 Å². The van der Waals surface area contributed by atoms with E-state index in [0.29, 0.717) is 0 Å². The van der Waals surface area contributed by atoms with Crippen LogP contribution in [0, 0.1) is 5.82 Å². The molecule has 1 unspecified atom stereocenters. The van der Waals surface area contributed by atoms with E-state index in [1.165, 1.54) is 11.8 Å². The van der Waals surface area contributed by atoms with E-state index in [1.54, 1.807) is 18.3 Å². The highest BCUT2D eigenvalue weighted by atomic mass is 19.1. The fourth-order valence-electron chi connectivity index (χ4n) is 2.14. The minimum atomic E-state index is -0.187. The minimum absolute atomic E-state index is 0.163. The largest absolute Gasteiger partial charge is 0.313 e. The van der Waals surface area contributed by atoms with Gasteiger partial charge in [-0.2, -0.15) is 5.10 Å². The topological polar surface area (TPSA) is 29.9 Å². The van der Waals surface area contributed by atoms with Crippen LogP contribution in [0.15, 0.2) is 36.5 Å². The average molecular weight is 247 g/mol. The normalized spacial score (nSPS) is 12.6. The van der Waals surface area contributed by atoms with Gasteiger partial charge in [0.15, 0.2) is 0 Å². The van der Waals surface area contributed by atoms with E-state index in [0.717, 1.165) is 18.4 Å². The second kappa shape index (κ2) is 5.78. The van der Waals surface area contributed by atoms with Gasteiger partial charge in [0.2, 0.25) is 0 Å². The Kier molecular flexibility index (Phi) is 4.10. The number of halogens is 1. The number of nitrogens with one attached hydrogen (secondary N) is 1. The maximum atomic E-state index is 13.2. The minimum Gasteiger partial charge on any atom is -0.313 e. The van der Waals surface area contributed by atoms with Crippen LogP contribution < -0.4 is 5.32 Å². The molecule has 0 fully saturated rings. The van der Waals surface area contributed by atoms with Gasteiger partial charge < -0.3 is 5.32 Å². The Hall–Kier alpha value is -1.68. The van der Waals surface area contributed by atoms with Gasteiger partial charge in [0.05, 0.1) is 0 Å². The number of nitrogens with zero attached hydrogens (tertiary/aromatic N) is 2. The summed E-state index contributed by atoms with van der Waals surface area (Å²) in [6, 6.07) is 8.93. The van der Waals surface area contributed by atoms with Crippen molar-refractivity contribution in [1.82, 2.24) is 15.1 Å². The third-order valence-corrected chi connectivity index (χ3v) is 3.21. The molecule has 0 amide bonds. The zero-order valence-corrected chi connectivity index (χ0v) is 10.7. The first-order chi connectivity index (χ1) is 8.70. The van der Waals surface area contributed by atoms with Crippen molar-refractivity contribution in [3.05, 3.63) is 53.6 Å². The molecular weight excluding hydrogens is 229 g/mol. The van der Waals surface area contributed by atoms with Gasteiger partial charge in [-0.15, -0.1) is 0 Å². The lowest BCUT2D eigenvalue weighted by Crippen LogP contribution is -2.17. The van der Waals surface area contributed by atoms with Crippen LogP contribution in [-0.4, -0.2) is 16.8 Å². The molecule has 0 spiro atoms. The van der Waals surface area contributed by atoms with Gasteiger partial charge in [0.25, 0.3) is 0 Å². The molecule has 1 aromatic heterocycles. The molecule has 4 heteroatoms. The SMILES string of the molecule is CNC(CCc1ccnn1C)c1cccc(F)c1. The lowest BCUT2D eigenvalue weighted by molar-refractivity contribution is 0.530. The van der Waals surface area contributed by atoms with Crippen molar-refractivity contribution in [2.75, 3.05) is 7.05 Å². The Morgan fingerprint density at radius 2 is 2.22 bits per heavy atom. The molecule has 2 rings (SSSR count). The molecule has 0 aliphatic carbocycles. The summed E-state index contributed by atoms with van der Waals surface area (Å²) in [6.07, 6.45) is 3.63. The molecule has 1 aromatic carbocycles. The number of hydrogen-bond acceptors (Lipinski definition) is 2. The molecule has 0 bridgehead atoms. The molecule has 1 N–H and O–H groups in total. The summed E-state index contributed by atoms with van der Waals surface area (Å²) >= 11 is 0. The van der Waals surface area contributed by atoms with Crippen molar-refractivity contribution >= 4 is 0 Å². The molecule has 1 heterocycles. The third-order valence-electron chi connectivity index (χ3n) is 3.21. The fourth-order valence-corrected chi connectivity index (χ4v) is 2.14. The van der Waals surface area contributed by atoms with Gasteiger partial charge in [-0.25, -0.2) is 4.39 Å². The van der Waals surface area contributed by atoms with Gasteiger partial charge in [-0.3, -0.25) is 4.68 Å². The van der Waals surface area contributed by atoms with Gasteiger partial charge in [-0.1, -0.05) is 12.1 Å². The van der Waals surface area contributed by atoms with Crippen molar-refractivity contribution in [3.8, 4) is 0 Å². The monoisotopic (exact) mass is 247 g/mol. The predicted octanol–water partition coefficient (Wildman–Crippen LogP) is 2.45. The third kappa shape index (κ3) is 2.96. The van der Waals surface area contributed by atoms with E-state index in [9.17, 15) is 4.39 Å². The zero-order valence-electron chi connectivity index (χ0n) is 10.7. The molecule has 2 aromatic rings. The Bertz CT molecular complexity index is 507. The highest BCUT2D eigenvalue weighted by molar-refractivity contribution is 5.20. The summed E-state index contributed by atoms with van der Waals surface area (Å²) in [4.78, 5) is 0. The molecule has 3 nitrogen and oxygen atoms in total. The van der Waals surface area contributed by atoms with E-state index >= 15 is 0 Å². The number of hydrogen-bond donors (Lipinski definition) is 1. The number of aryl methyl sites for hydroxylation is 2. The smallest absolute Gasteiger partial charge is 0.123 e. The molecule has 0 radical (unpaired) electrons. The second-order valence-corrected chi connectivity index (χ2v) is 4.38. The fraction of sp³-hybridized carbons (Fsp3) is 0.357. The summed E-state index contributed by atoms with van der Waals surface area (Å²) in [5.41, 5.74) is 2.17. The van der Waals surface area contributed by atoms with E-state index in [1.807, 2.05) is 30.9 Å². The zero-order chi connectivity index (χ0) is 13.0. The summed E-state index contributed by atoms with van der Waals surface area (Å²) in [7, 11) is 3.84. The number of aromatic nitrogens is 2. The Balaban J connectivity index is 2.04. The van der Waals surface area contributed by atoms with Crippen molar-refractivity contribution in [1.29, 1.82) is 0 Å². The van der Waals surface area contributed by atoms with E-state index in [-0.39, 0.29) is 11.9 Å². The van der Waals surface area contributed by atoms with Crippen molar-refractivity contribution < 1.29 is 4.39 Å². The van der Waals surface area contributed by atoms with Crippen LogP contribution in [0.3, 0.4) is 0 Å². The van der Waals surface area contributed by atoms with E-state index in [2.05, 4.69) is 10.4 Å². The highest BCUT2D eigenvalue weighted by Gasteiger charge is 2.11. The summed E-state index contributed by atoms with van der Waals surface area (Å²) < 4.78 is 15.1. The van der Waals surface area contributed by atoms with Crippen LogP contribution in [0.1, 0.15) is 23.7 Å². The summed E-state index contributed by atoms with van der Waals surface area (Å²) in [5.74, 6) is -0.187. The van der Waals surface area contributed by atoms with Crippen LogP contribution in [0.2, 0.25) is 0 Å². The quantitative estimate of drug-likeness (QED) is 0.879. The standard InChI is InChI=1S/C14H18FN3/c1-16-14(11-4-3-5-12(15)10-11)7-6-13-8-9-17-18(13)2/h3-5,8-10,14,16H,6-7H2,1-2H3. The van der Waals surface area contributed by atoms with Crippen LogP contribution in [0.25, 0.3) is 0 Å². The first-order valence-corrected chi connectivity index (χ1v) is 6.10. The molecular formula is C14H18FN3. The lowest BCUT2D eigenvalue weighted by atomic mass is 10.0. The summed E-state index contributed by atoms with van der Waals surface area (Å²) in [6.45, 7) is 0. The molecule has 0 saturated heterocycles. The van der Waals surface area contributed by atoms with Crippen LogP contribution in [-0.2, 0) is 13.5 Å². The molecule has 0 aliphatic heterocycles. The molecule has 1 atom stereocenters. The van der Waals surface area contributed by atoms with Crippen molar-refractivity contribution in [3.63, 3.8) is 0 Å². The maximum absolute atomic E-state index is 13.2. The molecule has 0 aliphatic rings. The van der Waals surface area contributed by atoms with E-state index in [4.69, 9.17) is 0 Å². The van der Waals surface area contributed by atoms with Crippen LogP contribution in [0.4, 0.5) is 4.39 Å². The average Bonchev–Trinajstić information content (AvgIpc) is 2.76. The Morgan fingerprint density at radius 1 is 1.39 bits per heavy atom. The first-order valence-electron chi connectivity index (χ1n) is 6.10. The van der Waals surface area contributed by atoms with Gasteiger partial charge >= 0.3 is 0 Å². The molecule has 0 saturated carbocycles. The Labute approximate surface area is 107 Å². The van der Waals surface area contributed by atoms with E-state index < -0.39 is 0 Å². The Morgan fingerprint density at radius 3 is 2.83 bits per heavy atom. The predicted molar refractivity (Wildman–Crippen MR) is 69.7 cm³/mol.